The number of hydrogen-bond donors (Lipinski definition) is 0. The van der Waals surface area contributed by atoms with Gasteiger partial charge in [0.1, 0.15) is 5.82 Å². The van der Waals surface area contributed by atoms with Gasteiger partial charge in [0.25, 0.3) is 0 Å². The Morgan fingerprint density at radius 3 is 2.19 bits per heavy atom. The molecule has 1 aromatic heterocycles. The third-order valence-electron chi connectivity index (χ3n) is 10.0. The van der Waals surface area contributed by atoms with Crippen LogP contribution in [0.25, 0.3) is 10.1 Å². The van der Waals surface area contributed by atoms with E-state index in [4.69, 9.17) is 4.37 Å². The number of benzene rings is 1. The van der Waals surface area contributed by atoms with Crippen LogP contribution < -0.4 is 17.3 Å². The van der Waals surface area contributed by atoms with Gasteiger partial charge in [-0.3, -0.25) is 19.4 Å². The monoisotopic (exact) mass is 528 g/mol. The quantitative estimate of drug-likeness (QED) is 0.549. The van der Waals surface area contributed by atoms with E-state index < -0.39 is 0 Å². The maximum atomic E-state index is 13.3. The maximum Gasteiger partial charge on any atom is 1.00 e. The summed E-state index contributed by atoms with van der Waals surface area (Å²) in [6, 6.07) is 8.54. The van der Waals surface area contributed by atoms with Crippen LogP contribution in [-0.2, 0) is 9.59 Å². The van der Waals surface area contributed by atoms with Gasteiger partial charge in [-0.25, -0.2) is 0 Å². The Morgan fingerprint density at radius 1 is 0.861 bits per heavy atom. The number of amides is 2. The first-order valence-corrected chi connectivity index (χ1v) is 14.6. The normalized spacial score (nSPS) is 34.4. The largest absolute Gasteiger partial charge is 1.00 e. The molecule has 2 saturated heterocycles. The highest BCUT2D eigenvalue weighted by Gasteiger charge is 2.61. The number of aromatic nitrogens is 1. The van der Waals surface area contributed by atoms with E-state index in [0.717, 1.165) is 64.2 Å². The standard InChI is InChI=1S/C28H36N4O2S.ClH/c33-27-24-18-9-10-19(15-18)25(24)28(34)32(27)17-21-6-2-1-5-20(21)16-30-11-13-31(14-12-30)26-22-7-3-4-8-23(22)35-29-26;/h3-4,7-8,18-21,24-25H,1-2,5-6,9-17H2;1H. The molecule has 6 nitrogen and oxygen atoms in total. The number of halogens is 1. The van der Waals surface area contributed by atoms with E-state index in [1.165, 1.54) is 29.3 Å². The molecule has 2 amide bonds. The van der Waals surface area contributed by atoms with Crippen molar-refractivity contribution in [2.24, 2.45) is 35.5 Å². The van der Waals surface area contributed by atoms with Gasteiger partial charge in [0, 0.05) is 44.7 Å². The smallest absolute Gasteiger partial charge is 1.00 e. The van der Waals surface area contributed by atoms with Crippen molar-refractivity contribution in [1.82, 2.24) is 14.2 Å². The Labute approximate surface area is 225 Å². The van der Waals surface area contributed by atoms with Crippen molar-refractivity contribution in [3.05, 3.63) is 24.3 Å². The Kier molecular flexibility index (Phi) is 6.76. The molecular weight excluding hydrogens is 492 g/mol. The average Bonchev–Trinajstić information content (AvgIpc) is 3.66. The second-order valence-electron chi connectivity index (χ2n) is 11.8. The predicted molar refractivity (Wildman–Crippen MR) is 139 cm³/mol. The van der Waals surface area contributed by atoms with Crippen LogP contribution in [0.5, 0.6) is 0 Å². The van der Waals surface area contributed by atoms with Crippen molar-refractivity contribution < 1.29 is 23.4 Å². The van der Waals surface area contributed by atoms with E-state index in [-0.39, 0.29) is 37.5 Å². The molecule has 3 heterocycles. The summed E-state index contributed by atoms with van der Waals surface area (Å²) in [4.78, 5) is 33.4. The summed E-state index contributed by atoms with van der Waals surface area (Å²) in [5.74, 6) is 3.59. The lowest BCUT2D eigenvalue weighted by atomic mass is 9.78. The van der Waals surface area contributed by atoms with Crippen molar-refractivity contribution in [2.75, 3.05) is 44.2 Å². The first kappa shape index (κ1) is 24.6. The minimum Gasteiger partial charge on any atom is -1.00 e. The van der Waals surface area contributed by atoms with Crippen LogP contribution in [0.1, 0.15) is 46.4 Å². The van der Waals surface area contributed by atoms with E-state index in [1.54, 1.807) is 16.4 Å². The molecule has 5 fully saturated rings. The number of imide groups is 1. The number of nitrogens with zero attached hydrogens (tertiary/aromatic N) is 4. The Hall–Kier alpha value is -1.70. The van der Waals surface area contributed by atoms with E-state index in [0.29, 0.717) is 30.2 Å². The number of carbonyl (C=O) groups excluding carboxylic acids is 2. The minimum atomic E-state index is 0. The molecule has 194 valence electrons. The van der Waals surface area contributed by atoms with Crippen molar-refractivity contribution in [2.45, 2.75) is 44.9 Å². The van der Waals surface area contributed by atoms with Crippen molar-refractivity contribution in [3.8, 4) is 0 Å². The van der Waals surface area contributed by atoms with Gasteiger partial charge >= 0.3 is 1.43 Å². The van der Waals surface area contributed by atoms with Crippen LogP contribution in [0.15, 0.2) is 24.3 Å². The number of hydrogen-bond acceptors (Lipinski definition) is 6. The van der Waals surface area contributed by atoms with Gasteiger partial charge in [0.05, 0.1) is 16.5 Å². The fourth-order valence-corrected chi connectivity index (χ4v) is 9.02. The molecule has 0 spiro atoms. The molecule has 6 unspecified atom stereocenters. The average molecular weight is 529 g/mol. The summed E-state index contributed by atoms with van der Waals surface area (Å²) >= 11 is 1.60. The molecule has 36 heavy (non-hydrogen) atoms. The maximum absolute atomic E-state index is 13.3. The molecule has 3 aliphatic carbocycles. The third kappa shape index (κ3) is 4.06. The summed E-state index contributed by atoms with van der Waals surface area (Å²) in [6.07, 6.45) is 8.35. The zero-order valence-corrected chi connectivity index (χ0v) is 22.4. The molecule has 2 aromatic rings. The number of anilines is 1. The van der Waals surface area contributed by atoms with Crippen molar-refractivity contribution in [1.29, 1.82) is 0 Å². The summed E-state index contributed by atoms with van der Waals surface area (Å²) < 4.78 is 6.02. The lowest BCUT2D eigenvalue weighted by molar-refractivity contribution is -0.142. The van der Waals surface area contributed by atoms with Crippen molar-refractivity contribution >= 4 is 39.3 Å². The molecule has 5 aliphatic rings. The molecule has 2 aliphatic heterocycles. The van der Waals surface area contributed by atoms with Crippen LogP contribution in [0.3, 0.4) is 0 Å². The van der Waals surface area contributed by atoms with Gasteiger partial charge in [-0.15, -0.1) is 0 Å². The molecule has 2 bridgehead atoms. The lowest BCUT2D eigenvalue weighted by Gasteiger charge is -2.40. The summed E-state index contributed by atoms with van der Waals surface area (Å²) in [5.41, 5.74) is 0. The van der Waals surface area contributed by atoms with E-state index >= 15 is 0 Å². The van der Waals surface area contributed by atoms with Gasteiger partial charge in [-0.2, -0.15) is 4.37 Å². The molecule has 8 heteroatoms. The summed E-state index contributed by atoms with van der Waals surface area (Å²) in [5, 5.41) is 1.27. The second-order valence-corrected chi connectivity index (χ2v) is 12.6. The SMILES string of the molecule is O=C1C2C3CCC(C3)C2C(=O)N1CC1CCCCC1CN1CCN(c2nsc3ccccc23)CC1.[Cl-].[H+]. The van der Waals surface area contributed by atoms with Crippen molar-refractivity contribution in [3.63, 3.8) is 0 Å². The van der Waals surface area contributed by atoms with Crippen LogP contribution >= 0.6 is 11.5 Å². The summed E-state index contributed by atoms with van der Waals surface area (Å²) in [6.45, 7) is 5.93. The number of fused-ring (bicyclic) bond motifs is 6. The highest BCUT2D eigenvalue weighted by Crippen LogP contribution is 2.56. The number of likely N-dealkylation sites (tertiary alicyclic amines) is 1. The molecule has 0 radical (unpaired) electrons. The highest BCUT2D eigenvalue weighted by molar-refractivity contribution is 7.13. The molecule has 3 saturated carbocycles. The predicted octanol–water partition coefficient (Wildman–Crippen LogP) is 1.37. The Morgan fingerprint density at radius 2 is 1.50 bits per heavy atom. The van der Waals surface area contributed by atoms with E-state index in [1.807, 2.05) is 0 Å². The molecule has 1 aromatic carbocycles. The van der Waals surface area contributed by atoms with Gasteiger partial charge < -0.3 is 17.3 Å². The molecule has 6 atom stereocenters. The zero-order valence-electron chi connectivity index (χ0n) is 21.9. The van der Waals surface area contributed by atoms with Crippen LogP contribution in [0.4, 0.5) is 5.82 Å². The Balaban J connectivity index is 0.00000140. The Bertz CT molecular complexity index is 1110. The topological polar surface area (TPSA) is 56.8 Å². The zero-order chi connectivity index (χ0) is 23.5. The van der Waals surface area contributed by atoms with Gasteiger partial charge in [0.2, 0.25) is 11.8 Å². The van der Waals surface area contributed by atoms with Gasteiger partial charge in [-0.1, -0.05) is 25.0 Å². The van der Waals surface area contributed by atoms with Crippen LogP contribution in [0.2, 0.25) is 0 Å². The van der Waals surface area contributed by atoms with Gasteiger partial charge in [-0.05, 0) is 79.4 Å². The number of rotatable bonds is 5. The number of piperazine rings is 1. The molecule has 0 N–H and O–H groups in total. The molecular formula is C28H37ClN4O2S. The highest BCUT2D eigenvalue weighted by atomic mass is 35.5. The first-order valence-electron chi connectivity index (χ1n) is 13.8. The third-order valence-corrected chi connectivity index (χ3v) is 10.8. The van der Waals surface area contributed by atoms with Crippen LogP contribution in [-0.4, -0.2) is 65.3 Å². The molecule has 7 rings (SSSR count). The minimum absolute atomic E-state index is 0. The van der Waals surface area contributed by atoms with Crippen LogP contribution in [0, 0.1) is 35.5 Å². The second kappa shape index (κ2) is 9.88. The lowest BCUT2D eigenvalue weighted by Crippen LogP contribution is -3.00. The summed E-state index contributed by atoms with van der Waals surface area (Å²) in [7, 11) is 0. The van der Waals surface area contributed by atoms with Gasteiger partial charge in [0.15, 0.2) is 0 Å². The van der Waals surface area contributed by atoms with E-state index in [9.17, 15) is 9.59 Å². The fraction of sp³-hybridized carbons (Fsp3) is 0.679. The fourth-order valence-electron chi connectivity index (χ4n) is 8.22. The number of carbonyl (C=O) groups is 2. The van der Waals surface area contributed by atoms with E-state index in [2.05, 4.69) is 34.1 Å². The first-order chi connectivity index (χ1) is 17.2.